The largest absolute Gasteiger partial charge is 0.497 e. The second-order valence-corrected chi connectivity index (χ2v) is 6.98. The molecule has 0 fully saturated rings. The molecular weight excluding hydrogens is 336 g/mol. The average Bonchev–Trinajstić information content (AvgIpc) is 3.02. The highest BCUT2D eigenvalue weighted by Gasteiger charge is 2.15. The van der Waals surface area contributed by atoms with Gasteiger partial charge in [-0.05, 0) is 31.2 Å². The van der Waals surface area contributed by atoms with Gasteiger partial charge in [0.15, 0.2) is 5.16 Å². The summed E-state index contributed by atoms with van der Waals surface area (Å²) in [5, 5.41) is 1.31. The summed E-state index contributed by atoms with van der Waals surface area (Å²) in [6.07, 6.45) is 0. The number of methoxy groups -OCH3 is 1. The second-order valence-electron chi connectivity index (χ2n) is 5.65. The summed E-state index contributed by atoms with van der Waals surface area (Å²) in [5.74, 6) is 1.41. The van der Waals surface area contributed by atoms with Crippen LogP contribution in [0.4, 0.5) is 0 Å². The van der Waals surface area contributed by atoms with Crippen molar-refractivity contribution in [3.05, 3.63) is 58.6 Å². The van der Waals surface area contributed by atoms with E-state index < -0.39 is 0 Å². The zero-order chi connectivity index (χ0) is 17.4. The van der Waals surface area contributed by atoms with Crippen LogP contribution in [0.1, 0.15) is 18.0 Å². The number of benzene rings is 2. The van der Waals surface area contributed by atoms with Crippen LogP contribution in [0, 0.1) is 0 Å². The van der Waals surface area contributed by atoms with E-state index in [0.717, 1.165) is 21.9 Å². The van der Waals surface area contributed by atoms with Crippen LogP contribution in [-0.4, -0.2) is 27.0 Å². The maximum Gasteiger partial charge on any atom is 0.258 e. The van der Waals surface area contributed by atoms with E-state index >= 15 is 0 Å². The van der Waals surface area contributed by atoms with Crippen LogP contribution in [0.5, 0.6) is 5.75 Å². The quantitative estimate of drug-likeness (QED) is 0.548. The first kappa shape index (κ1) is 15.7. The summed E-state index contributed by atoms with van der Waals surface area (Å²) in [5.41, 5.74) is 2.36. The SMILES string of the molecule is COc1ccc2nc(S[C@@H](C)c3nc4ccccc4c(=O)[nH]3)[nH]c2c1. The van der Waals surface area contributed by atoms with Crippen molar-refractivity contribution >= 4 is 33.7 Å². The number of thioether (sulfide) groups is 1. The van der Waals surface area contributed by atoms with Gasteiger partial charge < -0.3 is 14.7 Å². The number of ether oxygens (including phenoxy) is 1. The lowest BCUT2D eigenvalue weighted by atomic mass is 10.2. The topological polar surface area (TPSA) is 83.7 Å². The highest BCUT2D eigenvalue weighted by Crippen LogP contribution is 2.33. The highest BCUT2D eigenvalue weighted by atomic mass is 32.2. The molecule has 0 saturated heterocycles. The van der Waals surface area contributed by atoms with Gasteiger partial charge in [-0.3, -0.25) is 4.79 Å². The van der Waals surface area contributed by atoms with E-state index in [2.05, 4.69) is 19.9 Å². The smallest absolute Gasteiger partial charge is 0.258 e. The summed E-state index contributed by atoms with van der Waals surface area (Å²) in [4.78, 5) is 27.5. The van der Waals surface area contributed by atoms with Crippen molar-refractivity contribution in [2.75, 3.05) is 7.11 Å². The van der Waals surface area contributed by atoms with Crippen molar-refractivity contribution in [3.63, 3.8) is 0 Å². The molecule has 25 heavy (non-hydrogen) atoms. The number of rotatable bonds is 4. The predicted octanol–water partition coefficient (Wildman–Crippen LogP) is 3.66. The molecule has 2 aromatic carbocycles. The summed E-state index contributed by atoms with van der Waals surface area (Å²) in [6.45, 7) is 1.99. The average molecular weight is 352 g/mol. The molecule has 4 aromatic rings. The molecule has 1 atom stereocenters. The molecule has 2 heterocycles. The Bertz CT molecular complexity index is 1120. The van der Waals surface area contributed by atoms with E-state index in [1.165, 1.54) is 11.8 Å². The lowest BCUT2D eigenvalue weighted by Crippen LogP contribution is -2.12. The highest BCUT2D eigenvalue weighted by molar-refractivity contribution is 7.99. The van der Waals surface area contributed by atoms with Gasteiger partial charge in [0.2, 0.25) is 0 Å². The molecule has 0 spiro atoms. The minimum absolute atomic E-state index is 0.0558. The molecule has 0 unspecified atom stereocenters. The van der Waals surface area contributed by atoms with Crippen LogP contribution in [0.2, 0.25) is 0 Å². The molecule has 0 aliphatic rings. The monoisotopic (exact) mass is 352 g/mol. The summed E-state index contributed by atoms with van der Waals surface area (Å²) < 4.78 is 5.23. The molecule has 0 saturated carbocycles. The molecular formula is C18H16N4O2S. The normalized spacial score (nSPS) is 12.6. The van der Waals surface area contributed by atoms with Crippen molar-refractivity contribution < 1.29 is 4.74 Å². The number of nitrogens with one attached hydrogen (secondary N) is 2. The van der Waals surface area contributed by atoms with Crippen LogP contribution in [0.25, 0.3) is 21.9 Å². The zero-order valence-corrected chi connectivity index (χ0v) is 14.6. The minimum Gasteiger partial charge on any atom is -0.497 e. The van der Waals surface area contributed by atoms with Gasteiger partial charge in [0, 0.05) is 6.07 Å². The Hall–Kier alpha value is -2.80. The third kappa shape index (κ3) is 2.98. The molecule has 4 rings (SSSR count). The Balaban J connectivity index is 1.65. The van der Waals surface area contributed by atoms with Crippen molar-refractivity contribution in [1.82, 2.24) is 19.9 Å². The zero-order valence-electron chi connectivity index (χ0n) is 13.7. The Morgan fingerprint density at radius 1 is 1.08 bits per heavy atom. The van der Waals surface area contributed by atoms with E-state index in [1.807, 2.05) is 43.3 Å². The number of H-pyrrole nitrogens is 2. The molecule has 0 aliphatic carbocycles. The van der Waals surface area contributed by atoms with E-state index in [4.69, 9.17) is 4.74 Å². The van der Waals surface area contributed by atoms with Gasteiger partial charge in [-0.1, -0.05) is 23.9 Å². The Kier molecular flexibility index (Phi) is 3.93. The van der Waals surface area contributed by atoms with Gasteiger partial charge in [0.1, 0.15) is 11.6 Å². The third-order valence-electron chi connectivity index (χ3n) is 3.97. The molecule has 0 bridgehead atoms. The first-order valence-corrected chi connectivity index (χ1v) is 8.71. The van der Waals surface area contributed by atoms with Gasteiger partial charge in [-0.15, -0.1) is 0 Å². The lowest BCUT2D eigenvalue weighted by molar-refractivity contribution is 0.415. The van der Waals surface area contributed by atoms with Gasteiger partial charge in [0.25, 0.3) is 5.56 Å². The predicted molar refractivity (Wildman–Crippen MR) is 99.3 cm³/mol. The van der Waals surface area contributed by atoms with Crippen LogP contribution in [0.15, 0.2) is 52.4 Å². The van der Waals surface area contributed by atoms with Crippen molar-refractivity contribution in [2.24, 2.45) is 0 Å². The Morgan fingerprint density at radius 3 is 2.76 bits per heavy atom. The number of imidazole rings is 1. The van der Waals surface area contributed by atoms with Gasteiger partial charge in [-0.2, -0.15) is 0 Å². The second kappa shape index (κ2) is 6.25. The molecule has 0 amide bonds. The molecule has 7 heteroatoms. The number of hydrogen-bond donors (Lipinski definition) is 2. The minimum atomic E-state index is -0.123. The van der Waals surface area contributed by atoms with Gasteiger partial charge >= 0.3 is 0 Å². The molecule has 0 radical (unpaired) electrons. The fraction of sp³-hybridized carbons (Fsp3) is 0.167. The van der Waals surface area contributed by atoms with Crippen LogP contribution >= 0.6 is 11.8 Å². The summed E-state index contributed by atoms with van der Waals surface area (Å²) in [7, 11) is 1.64. The van der Waals surface area contributed by atoms with Crippen molar-refractivity contribution in [2.45, 2.75) is 17.3 Å². The number of nitrogens with zero attached hydrogens (tertiary/aromatic N) is 2. The Labute approximate surface area is 147 Å². The number of hydrogen-bond acceptors (Lipinski definition) is 5. The van der Waals surface area contributed by atoms with E-state index in [9.17, 15) is 4.79 Å². The summed E-state index contributed by atoms with van der Waals surface area (Å²) in [6, 6.07) is 13.0. The first-order chi connectivity index (χ1) is 12.1. The number of aromatic nitrogens is 4. The molecule has 2 N–H and O–H groups in total. The summed E-state index contributed by atoms with van der Waals surface area (Å²) >= 11 is 1.51. The van der Waals surface area contributed by atoms with Gasteiger partial charge in [-0.25, -0.2) is 9.97 Å². The fourth-order valence-corrected chi connectivity index (χ4v) is 3.55. The molecule has 0 aliphatic heterocycles. The number of aromatic amines is 2. The number of fused-ring (bicyclic) bond motifs is 2. The lowest BCUT2D eigenvalue weighted by Gasteiger charge is -2.09. The fourth-order valence-electron chi connectivity index (χ4n) is 2.67. The van der Waals surface area contributed by atoms with E-state index in [-0.39, 0.29) is 10.8 Å². The standard InChI is InChI=1S/C18H16N4O2S/c1-10(16-19-13-6-4-3-5-12(13)17(23)22-16)25-18-20-14-8-7-11(24-2)9-15(14)21-18/h3-10H,1-2H3,(H,20,21)(H,19,22,23)/t10-/m0/s1. The van der Waals surface area contributed by atoms with E-state index in [0.29, 0.717) is 16.7 Å². The third-order valence-corrected chi connectivity index (χ3v) is 4.97. The van der Waals surface area contributed by atoms with Crippen LogP contribution < -0.4 is 10.3 Å². The van der Waals surface area contributed by atoms with Crippen LogP contribution in [0.3, 0.4) is 0 Å². The van der Waals surface area contributed by atoms with E-state index in [1.54, 1.807) is 13.2 Å². The van der Waals surface area contributed by atoms with Crippen molar-refractivity contribution in [1.29, 1.82) is 0 Å². The van der Waals surface area contributed by atoms with Crippen molar-refractivity contribution in [3.8, 4) is 5.75 Å². The Morgan fingerprint density at radius 2 is 1.92 bits per heavy atom. The first-order valence-electron chi connectivity index (χ1n) is 7.83. The maximum atomic E-state index is 12.2. The molecule has 2 aromatic heterocycles. The molecule has 6 nitrogen and oxygen atoms in total. The van der Waals surface area contributed by atoms with Gasteiger partial charge in [0.05, 0.1) is 34.3 Å². The van der Waals surface area contributed by atoms with Crippen LogP contribution in [-0.2, 0) is 0 Å². The number of para-hydroxylation sites is 1. The maximum absolute atomic E-state index is 12.2. The molecule has 126 valence electrons.